The summed E-state index contributed by atoms with van der Waals surface area (Å²) in [5.74, 6) is 0. The third-order valence-electron chi connectivity index (χ3n) is 2.80. The van der Waals surface area contributed by atoms with Crippen molar-refractivity contribution in [3.8, 4) is 0 Å². The molecule has 0 aliphatic heterocycles. The second kappa shape index (κ2) is 4.58. The lowest BCUT2D eigenvalue weighted by Crippen LogP contribution is -2.11. The maximum atomic E-state index is 6.24. The molecule has 2 rings (SSSR count). The van der Waals surface area contributed by atoms with Gasteiger partial charge in [0.2, 0.25) is 0 Å². The number of rotatable bonds is 2. The number of nitrogens with two attached hydrogens (primary N) is 1. The Bertz CT molecular complexity index is 491. The fraction of sp³-hybridized carbons (Fsp3) is 0.231. The van der Waals surface area contributed by atoms with Crippen LogP contribution in [-0.4, -0.2) is 0 Å². The van der Waals surface area contributed by atoms with Crippen LogP contribution in [0.15, 0.2) is 29.6 Å². The normalized spacial score (nSPS) is 12.8. The van der Waals surface area contributed by atoms with Crippen LogP contribution in [-0.2, 0) is 0 Å². The predicted octanol–water partition coefficient (Wildman–Crippen LogP) is 4.07. The molecule has 2 aromatic rings. The maximum Gasteiger partial charge on any atom is 0.0660 e. The van der Waals surface area contributed by atoms with Crippen molar-refractivity contribution < 1.29 is 0 Å². The summed E-state index contributed by atoms with van der Waals surface area (Å²) in [5.41, 5.74) is 9.64. The fourth-order valence-corrected chi connectivity index (χ4v) is 2.74. The number of thiophene rings is 1. The molecular formula is C13H14ClNS. The van der Waals surface area contributed by atoms with E-state index in [1.165, 1.54) is 11.1 Å². The molecule has 1 aromatic carbocycles. The van der Waals surface area contributed by atoms with E-state index in [1.54, 1.807) is 11.3 Å². The van der Waals surface area contributed by atoms with Gasteiger partial charge in [-0.05, 0) is 48.1 Å². The topological polar surface area (TPSA) is 26.0 Å². The highest BCUT2D eigenvalue weighted by molar-refractivity contribution is 7.10. The van der Waals surface area contributed by atoms with Gasteiger partial charge in [0.25, 0.3) is 0 Å². The summed E-state index contributed by atoms with van der Waals surface area (Å²) in [4.78, 5) is 1.14. The first kappa shape index (κ1) is 11.6. The molecule has 1 heterocycles. The molecule has 0 aliphatic rings. The van der Waals surface area contributed by atoms with Crippen molar-refractivity contribution in [3.63, 3.8) is 0 Å². The van der Waals surface area contributed by atoms with Crippen molar-refractivity contribution in [3.05, 3.63) is 56.2 Å². The first-order chi connectivity index (χ1) is 7.59. The van der Waals surface area contributed by atoms with Crippen LogP contribution in [0, 0.1) is 13.8 Å². The Hall–Kier alpha value is -0.830. The highest BCUT2D eigenvalue weighted by Crippen LogP contribution is 2.30. The van der Waals surface area contributed by atoms with Gasteiger partial charge in [0.1, 0.15) is 0 Å². The third kappa shape index (κ3) is 2.14. The lowest BCUT2D eigenvalue weighted by atomic mass is 10.0. The minimum absolute atomic E-state index is 0.119. The van der Waals surface area contributed by atoms with E-state index < -0.39 is 0 Å². The number of benzene rings is 1. The van der Waals surface area contributed by atoms with Crippen LogP contribution in [0.4, 0.5) is 0 Å². The SMILES string of the molecule is Cc1cc(Cl)c(C(N)c2cccs2)cc1C. The molecule has 0 spiro atoms. The van der Waals surface area contributed by atoms with Crippen LogP contribution in [0.1, 0.15) is 27.6 Å². The lowest BCUT2D eigenvalue weighted by molar-refractivity contribution is 0.890. The Balaban J connectivity index is 2.44. The molecule has 16 heavy (non-hydrogen) atoms. The third-order valence-corrected chi connectivity index (χ3v) is 4.08. The zero-order valence-electron chi connectivity index (χ0n) is 9.33. The zero-order chi connectivity index (χ0) is 11.7. The van der Waals surface area contributed by atoms with Crippen molar-refractivity contribution >= 4 is 22.9 Å². The Morgan fingerprint density at radius 1 is 1.25 bits per heavy atom. The van der Waals surface area contributed by atoms with Gasteiger partial charge in [-0.15, -0.1) is 11.3 Å². The van der Waals surface area contributed by atoms with Crippen molar-refractivity contribution in [2.24, 2.45) is 5.73 Å². The van der Waals surface area contributed by atoms with E-state index in [0.29, 0.717) is 0 Å². The second-order valence-corrected chi connectivity index (χ2v) is 5.34. The summed E-state index contributed by atoms with van der Waals surface area (Å²) < 4.78 is 0. The summed E-state index contributed by atoms with van der Waals surface area (Å²) in [6, 6.07) is 8.00. The maximum absolute atomic E-state index is 6.24. The molecule has 1 aromatic heterocycles. The quantitative estimate of drug-likeness (QED) is 0.856. The molecule has 3 heteroatoms. The number of hydrogen-bond donors (Lipinski definition) is 1. The van der Waals surface area contributed by atoms with Crippen LogP contribution in [0.5, 0.6) is 0 Å². The minimum atomic E-state index is -0.119. The van der Waals surface area contributed by atoms with E-state index >= 15 is 0 Å². The summed E-state index contributed by atoms with van der Waals surface area (Å²) >= 11 is 7.90. The monoisotopic (exact) mass is 251 g/mol. The number of halogens is 1. The molecule has 1 unspecified atom stereocenters. The van der Waals surface area contributed by atoms with Crippen LogP contribution < -0.4 is 5.73 Å². The van der Waals surface area contributed by atoms with Crippen molar-refractivity contribution in [1.29, 1.82) is 0 Å². The van der Waals surface area contributed by atoms with Crippen molar-refractivity contribution in [2.75, 3.05) is 0 Å². The standard InChI is InChI=1S/C13H14ClNS/c1-8-6-10(11(14)7-9(8)2)13(15)12-4-3-5-16-12/h3-7,13H,15H2,1-2H3. The molecule has 0 fully saturated rings. The Morgan fingerprint density at radius 3 is 2.56 bits per heavy atom. The van der Waals surface area contributed by atoms with E-state index in [9.17, 15) is 0 Å². The Labute approximate surface area is 105 Å². The molecule has 84 valence electrons. The van der Waals surface area contributed by atoms with Crippen LogP contribution >= 0.6 is 22.9 Å². The van der Waals surface area contributed by atoms with Gasteiger partial charge < -0.3 is 5.73 Å². The summed E-state index contributed by atoms with van der Waals surface area (Å²) in [6.07, 6.45) is 0. The van der Waals surface area contributed by atoms with Crippen LogP contribution in [0.2, 0.25) is 5.02 Å². The molecule has 0 radical (unpaired) electrons. The van der Waals surface area contributed by atoms with Crippen molar-refractivity contribution in [1.82, 2.24) is 0 Å². The average molecular weight is 252 g/mol. The fourth-order valence-electron chi connectivity index (χ4n) is 1.66. The summed E-state index contributed by atoms with van der Waals surface area (Å²) in [5, 5.41) is 2.79. The highest BCUT2D eigenvalue weighted by atomic mass is 35.5. The van der Waals surface area contributed by atoms with Gasteiger partial charge >= 0.3 is 0 Å². The number of aryl methyl sites for hydroxylation is 2. The minimum Gasteiger partial charge on any atom is -0.320 e. The first-order valence-electron chi connectivity index (χ1n) is 5.15. The van der Waals surface area contributed by atoms with Crippen LogP contribution in [0.25, 0.3) is 0 Å². The van der Waals surface area contributed by atoms with Gasteiger partial charge in [-0.2, -0.15) is 0 Å². The molecular weight excluding hydrogens is 238 g/mol. The Kier molecular flexibility index (Phi) is 3.33. The Morgan fingerprint density at radius 2 is 1.94 bits per heavy atom. The molecule has 1 atom stereocenters. The zero-order valence-corrected chi connectivity index (χ0v) is 10.9. The summed E-state index contributed by atoms with van der Waals surface area (Å²) in [7, 11) is 0. The molecule has 0 saturated carbocycles. The average Bonchev–Trinajstić information content (AvgIpc) is 2.75. The summed E-state index contributed by atoms with van der Waals surface area (Å²) in [6.45, 7) is 4.14. The molecule has 0 amide bonds. The molecule has 0 bridgehead atoms. The smallest absolute Gasteiger partial charge is 0.0660 e. The van der Waals surface area contributed by atoms with E-state index in [-0.39, 0.29) is 6.04 Å². The van der Waals surface area contributed by atoms with Crippen molar-refractivity contribution in [2.45, 2.75) is 19.9 Å². The molecule has 2 N–H and O–H groups in total. The number of hydrogen-bond acceptors (Lipinski definition) is 2. The lowest BCUT2D eigenvalue weighted by Gasteiger charge is -2.14. The van der Waals surface area contributed by atoms with Gasteiger partial charge in [-0.3, -0.25) is 0 Å². The first-order valence-corrected chi connectivity index (χ1v) is 6.41. The van der Waals surface area contributed by atoms with Gasteiger partial charge in [0.15, 0.2) is 0 Å². The molecule has 1 nitrogen and oxygen atoms in total. The highest BCUT2D eigenvalue weighted by Gasteiger charge is 2.14. The van der Waals surface area contributed by atoms with Gasteiger partial charge in [0.05, 0.1) is 6.04 Å². The molecule has 0 saturated heterocycles. The van der Waals surface area contributed by atoms with Gasteiger partial charge in [0, 0.05) is 9.90 Å². The van der Waals surface area contributed by atoms with E-state index in [2.05, 4.69) is 19.9 Å². The van der Waals surface area contributed by atoms with E-state index in [4.69, 9.17) is 17.3 Å². The van der Waals surface area contributed by atoms with E-state index in [0.717, 1.165) is 15.5 Å². The largest absolute Gasteiger partial charge is 0.320 e. The molecule has 0 aliphatic carbocycles. The van der Waals surface area contributed by atoms with Crippen LogP contribution in [0.3, 0.4) is 0 Å². The predicted molar refractivity (Wildman–Crippen MR) is 71.3 cm³/mol. The van der Waals surface area contributed by atoms with Gasteiger partial charge in [-0.1, -0.05) is 23.7 Å². The van der Waals surface area contributed by atoms with Gasteiger partial charge in [-0.25, -0.2) is 0 Å². The second-order valence-electron chi connectivity index (χ2n) is 3.95. The van der Waals surface area contributed by atoms with E-state index in [1.807, 2.05) is 23.6 Å².